The smallest absolute Gasteiger partial charge is 0.308 e. The van der Waals surface area contributed by atoms with Gasteiger partial charge < -0.3 is 10.0 Å². The number of aromatic nitrogens is 2. The summed E-state index contributed by atoms with van der Waals surface area (Å²) >= 11 is 0. The molecular formula is C14H21N3O2. The Bertz CT molecular complexity index is 474. The first-order valence-electron chi connectivity index (χ1n) is 6.80. The minimum Gasteiger partial charge on any atom is -0.481 e. The topological polar surface area (TPSA) is 66.3 Å². The number of aliphatic carboxylic acids is 1. The highest BCUT2D eigenvalue weighted by Crippen LogP contribution is 2.22. The largest absolute Gasteiger partial charge is 0.481 e. The van der Waals surface area contributed by atoms with Crippen molar-refractivity contribution in [2.75, 3.05) is 18.0 Å². The van der Waals surface area contributed by atoms with Gasteiger partial charge in [0.1, 0.15) is 0 Å². The molecular weight excluding hydrogens is 242 g/mol. The van der Waals surface area contributed by atoms with Gasteiger partial charge in [0, 0.05) is 24.5 Å². The molecule has 1 saturated heterocycles. The number of aryl methyl sites for hydroxylation is 1. The van der Waals surface area contributed by atoms with Crippen molar-refractivity contribution in [3.8, 4) is 0 Å². The van der Waals surface area contributed by atoms with Crippen LogP contribution in [-0.2, 0) is 4.79 Å². The Balaban J connectivity index is 2.23. The molecule has 0 aromatic carbocycles. The SMILES string of the molecule is Cc1cc(C(C)C)nc(N2CCCC(C(=O)O)C2)n1. The fraction of sp³-hybridized carbons (Fsp3) is 0.643. The quantitative estimate of drug-likeness (QED) is 0.905. The molecule has 1 aliphatic rings. The lowest BCUT2D eigenvalue weighted by atomic mass is 9.99. The van der Waals surface area contributed by atoms with E-state index in [9.17, 15) is 4.79 Å². The van der Waals surface area contributed by atoms with Crippen molar-refractivity contribution in [3.63, 3.8) is 0 Å². The maximum atomic E-state index is 11.1. The summed E-state index contributed by atoms with van der Waals surface area (Å²) in [6.45, 7) is 7.50. The van der Waals surface area contributed by atoms with Crippen LogP contribution in [0.3, 0.4) is 0 Å². The van der Waals surface area contributed by atoms with Gasteiger partial charge in [-0.15, -0.1) is 0 Å². The Labute approximate surface area is 113 Å². The zero-order valence-corrected chi connectivity index (χ0v) is 11.8. The Morgan fingerprint density at radius 2 is 2.21 bits per heavy atom. The normalized spacial score (nSPS) is 19.8. The van der Waals surface area contributed by atoms with Gasteiger partial charge in [-0.05, 0) is 31.7 Å². The second-order valence-corrected chi connectivity index (χ2v) is 5.51. The van der Waals surface area contributed by atoms with Crippen LogP contribution < -0.4 is 4.90 Å². The molecule has 0 aliphatic carbocycles. The third kappa shape index (κ3) is 3.22. The molecule has 1 aliphatic heterocycles. The zero-order chi connectivity index (χ0) is 14.0. The third-order valence-electron chi connectivity index (χ3n) is 3.51. The molecule has 0 bridgehead atoms. The Morgan fingerprint density at radius 1 is 1.47 bits per heavy atom. The van der Waals surface area contributed by atoms with Crippen molar-refractivity contribution in [3.05, 3.63) is 17.5 Å². The van der Waals surface area contributed by atoms with Gasteiger partial charge in [-0.2, -0.15) is 0 Å². The number of rotatable bonds is 3. The van der Waals surface area contributed by atoms with E-state index in [-0.39, 0.29) is 5.92 Å². The molecule has 2 rings (SSSR count). The standard InChI is InChI=1S/C14H21N3O2/c1-9(2)12-7-10(3)15-14(16-12)17-6-4-5-11(8-17)13(18)19/h7,9,11H,4-6,8H2,1-3H3,(H,18,19). The van der Waals surface area contributed by atoms with Gasteiger partial charge in [0.2, 0.25) is 5.95 Å². The first-order valence-corrected chi connectivity index (χ1v) is 6.80. The van der Waals surface area contributed by atoms with Crippen LogP contribution in [-0.4, -0.2) is 34.1 Å². The van der Waals surface area contributed by atoms with E-state index in [2.05, 4.69) is 23.8 Å². The van der Waals surface area contributed by atoms with Gasteiger partial charge in [0.05, 0.1) is 5.92 Å². The van der Waals surface area contributed by atoms with Crippen LogP contribution in [0.15, 0.2) is 6.07 Å². The summed E-state index contributed by atoms with van der Waals surface area (Å²) in [6, 6.07) is 1.99. The van der Waals surface area contributed by atoms with E-state index in [1.54, 1.807) is 0 Å². The summed E-state index contributed by atoms with van der Waals surface area (Å²) < 4.78 is 0. The second kappa shape index (κ2) is 5.55. The van der Waals surface area contributed by atoms with E-state index >= 15 is 0 Å². The molecule has 1 aromatic rings. The second-order valence-electron chi connectivity index (χ2n) is 5.51. The number of nitrogens with zero attached hydrogens (tertiary/aromatic N) is 3. The lowest BCUT2D eigenvalue weighted by Crippen LogP contribution is -2.39. The predicted molar refractivity (Wildman–Crippen MR) is 73.4 cm³/mol. The molecule has 1 atom stereocenters. The number of carboxylic acid groups (broad SMARTS) is 1. The average molecular weight is 263 g/mol. The van der Waals surface area contributed by atoms with Crippen LogP contribution in [0, 0.1) is 12.8 Å². The van der Waals surface area contributed by atoms with E-state index in [0.717, 1.165) is 30.8 Å². The maximum absolute atomic E-state index is 11.1. The van der Waals surface area contributed by atoms with Gasteiger partial charge in [-0.1, -0.05) is 13.8 Å². The lowest BCUT2D eigenvalue weighted by Gasteiger charge is -2.31. The van der Waals surface area contributed by atoms with E-state index in [1.165, 1.54) is 0 Å². The number of anilines is 1. The molecule has 19 heavy (non-hydrogen) atoms. The summed E-state index contributed by atoms with van der Waals surface area (Å²) in [6.07, 6.45) is 1.62. The predicted octanol–water partition coefficient (Wildman–Crippen LogP) is 2.21. The molecule has 0 radical (unpaired) electrons. The fourth-order valence-electron chi connectivity index (χ4n) is 2.37. The number of piperidine rings is 1. The highest BCUT2D eigenvalue weighted by Gasteiger charge is 2.27. The summed E-state index contributed by atoms with van der Waals surface area (Å²) in [5, 5.41) is 9.13. The number of hydrogen-bond donors (Lipinski definition) is 1. The highest BCUT2D eigenvalue weighted by atomic mass is 16.4. The Kier molecular flexibility index (Phi) is 4.02. The van der Waals surface area contributed by atoms with Crippen LogP contribution in [0.4, 0.5) is 5.95 Å². The molecule has 1 aromatic heterocycles. The van der Waals surface area contributed by atoms with Crippen LogP contribution in [0.25, 0.3) is 0 Å². The third-order valence-corrected chi connectivity index (χ3v) is 3.51. The summed E-state index contributed by atoms with van der Waals surface area (Å²) in [5.41, 5.74) is 1.95. The molecule has 0 spiro atoms. The van der Waals surface area contributed by atoms with Crippen LogP contribution in [0.1, 0.15) is 44.0 Å². The molecule has 5 heteroatoms. The highest BCUT2D eigenvalue weighted by molar-refractivity contribution is 5.71. The monoisotopic (exact) mass is 263 g/mol. The van der Waals surface area contributed by atoms with E-state index in [0.29, 0.717) is 18.4 Å². The molecule has 1 N–H and O–H groups in total. The van der Waals surface area contributed by atoms with Crippen molar-refractivity contribution >= 4 is 11.9 Å². The van der Waals surface area contributed by atoms with E-state index in [4.69, 9.17) is 5.11 Å². The number of hydrogen-bond acceptors (Lipinski definition) is 4. The van der Waals surface area contributed by atoms with Gasteiger partial charge in [-0.25, -0.2) is 9.97 Å². The lowest BCUT2D eigenvalue weighted by molar-refractivity contribution is -0.141. The Hall–Kier alpha value is -1.65. The minimum absolute atomic E-state index is 0.305. The van der Waals surface area contributed by atoms with Crippen LogP contribution >= 0.6 is 0 Å². The van der Waals surface area contributed by atoms with Crippen LogP contribution in [0.5, 0.6) is 0 Å². The van der Waals surface area contributed by atoms with Crippen LogP contribution in [0.2, 0.25) is 0 Å². The number of carbonyl (C=O) groups is 1. The molecule has 104 valence electrons. The van der Waals surface area contributed by atoms with Gasteiger partial charge >= 0.3 is 5.97 Å². The van der Waals surface area contributed by atoms with Gasteiger partial charge in [-0.3, -0.25) is 4.79 Å². The molecule has 5 nitrogen and oxygen atoms in total. The summed E-state index contributed by atoms with van der Waals surface area (Å²) in [4.78, 5) is 22.1. The first kappa shape index (κ1) is 13.8. The minimum atomic E-state index is -0.721. The van der Waals surface area contributed by atoms with E-state index < -0.39 is 5.97 Å². The van der Waals surface area contributed by atoms with Crippen molar-refractivity contribution in [1.29, 1.82) is 0 Å². The molecule has 0 amide bonds. The van der Waals surface area contributed by atoms with Gasteiger partial charge in [0.25, 0.3) is 0 Å². The number of carboxylic acids is 1. The fourth-order valence-corrected chi connectivity index (χ4v) is 2.37. The van der Waals surface area contributed by atoms with Crippen molar-refractivity contribution in [1.82, 2.24) is 9.97 Å². The molecule has 0 saturated carbocycles. The maximum Gasteiger partial charge on any atom is 0.308 e. The zero-order valence-electron chi connectivity index (χ0n) is 11.8. The van der Waals surface area contributed by atoms with Crippen molar-refractivity contribution in [2.24, 2.45) is 5.92 Å². The van der Waals surface area contributed by atoms with Crippen molar-refractivity contribution < 1.29 is 9.90 Å². The Morgan fingerprint density at radius 3 is 2.84 bits per heavy atom. The first-order chi connectivity index (χ1) is 8.97. The molecule has 1 unspecified atom stereocenters. The van der Waals surface area contributed by atoms with Gasteiger partial charge in [0.15, 0.2) is 0 Å². The summed E-state index contributed by atoms with van der Waals surface area (Å²) in [5.74, 6) is -0.00282. The van der Waals surface area contributed by atoms with E-state index in [1.807, 2.05) is 17.9 Å². The summed E-state index contributed by atoms with van der Waals surface area (Å²) in [7, 11) is 0. The average Bonchev–Trinajstić information content (AvgIpc) is 2.38. The molecule has 1 fully saturated rings. The van der Waals surface area contributed by atoms with Crippen molar-refractivity contribution in [2.45, 2.75) is 39.5 Å². The molecule has 2 heterocycles.